The van der Waals surface area contributed by atoms with Gasteiger partial charge in [0.1, 0.15) is 12.4 Å². The molecule has 1 aromatic rings. The van der Waals surface area contributed by atoms with Crippen molar-refractivity contribution in [3.8, 4) is 5.75 Å². The van der Waals surface area contributed by atoms with E-state index in [4.69, 9.17) is 15.2 Å². The number of ether oxygens (including phenoxy) is 2. The highest BCUT2D eigenvalue weighted by molar-refractivity contribution is 5.88. The van der Waals surface area contributed by atoms with Crippen molar-refractivity contribution in [2.24, 2.45) is 5.73 Å². The summed E-state index contributed by atoms with van der Waals surface area (Å²) in [6, 6.07) is 7.05. The highest BCUT2D eigenvalue weighted by atomic mass is 35.5. The number of benzene rings is 1. The first kappa shape index (κ1) is 21.2. The number of nitrogens with one attached hydrogen (secondary N) is 2. The maximum absolute atomic E-state index is 11.6. The minimum atomic E-state index is -0.268. The molecule has 1 unspecified atom stereocenters. The van der Waals surface area contributed by atoms with E-state index in [1.807, 2.05) is 0 Å². The Bertz CT molecular complexity index is 495. The Morgan fingerprint density at radius 1 is 1.35 bits per heavy atom. The standard InChI is InChI=1S/C15H23N3O4.ClH/c1-11(19)18-12-4-3-5-13(8-12)22-7-6-17-15(20)9-14(10-16)21-2;/h3-5,8,14H,6-7,9-10,16H2,1-2H3,(H,17,20)(H,18,19);1H. The maximum atomic E-state index is 11.6. The molecule has 0 aliphatic carbocycles. The van der Waals surface area contributed by atoms with Crippen LogP contribution in [0.15, 0.2) is 24.3 Å². The first-order chi connectivity index (χ1) is 10.5. The molecule has 0 fully saturated rings. The zero-order valence-electron chi connectivity index (χ0n) is 13.3. The fourth-order valence-electron chi connectivity index (χ4n) is 1.77. The maximum Gasteiger partial charge on any atom is 0.222 e. The number of anilines is 1. The molecule has 1 rings (SSSR count). The number of carbonyl (C=O) groups is 2. The summed E-state index contributed by atoms with van der Waals surface area (Å²) < 4.78 is 10.6. The summed E-state index contributed by atoms with van der Waals surface area (Å²) in [7, 11) is 1.52. The first-order valence-electron chi connectivity index (χ1n) is 7.05. The molecule has 2 amide bonds. The van der Waals surface area contributed by atoms with E-state index in [1.54, 1.807) is 24.3 Å². The lowest BCUT2D eigenvalue weighted by atomic mass is 10.2. The molecule has 7 nitrogen and oxygen atoms in total. The van der Waals surface area contributed by atoms with Gasteiger partial charge in [-0.15, -0.1) is 12.4 Å². The van der Waals surface area contributed by atoms with Crippen molar-refractivity contribution in [3.63, 3.8) is 0 Å². The van der Waals surface area contributed by atoms with Gasteiger partial charge < -0.3 is 25.8 Å². The number of methoxy groups -OCH3 is 1. The van der Waals surface area contributed by atoms with Gasteiger partial charge in [-0.2, -0.15) is 0 Å². The van der Waals surface area contributed by atoms with Crippen LogP contribution in [0.5, 0.6) is 5.75 Å². The Kier molecular flexibility index (Phi) is 10.8. The number of rotatable bonds is 9. The van der Waals surface area contributed by atoms with Crippen molar-refractivity contribution in [2.45, 2.75) is 19.4 Å². The van der Waals surface area contributed by atoms with Gasteiger partial charge in [0.05, 0.1) is 19.1 Å². The Morgan fingerprint density at radius 2 is 2.09 bits per heavy atom. The highest BCUT2D eigenvalue weighted by Gasteiger charge is 2.10. The van der Waals surface area contributed by atoms with Crippen molar-refractivity contribution in [1.29, 1.82) is 0 Å². The van der Waals surface area contributed by atoms with Crippen LogP contribution < -0.4 is 21.1 Å². The van der Waals surface area contributed by atoms with Crippen molar-refractivity contribution < 1.29 is 19.1 Å². The van der Waals surface area contributed by atoms with Crippen LogP contribution in [0, 0.1) is 0 Å². The van der Waals surface area contributed by atoms with E-state index in [0.29, 0.717) is 31.1 Å². The van der Waals surface area contributed by atoms with Crippen LogP contribution in [0.25, 0.3) is 0 Å². The van der Waals surface area contributed by atoms with Gasteiger partial charge in [0.2, 0.25) is 11.8 Å². The van der Waals surface area contributed by atoms with Gasteiger partial charge in [0.15, 0.2) is 0 Å². The van der Waals surface area contributed by atoms with Gasteiger partial charge in [0.25, 0.3) is 0 Å². The van der Waals surface area contributed by atoms with E-state index >= 15 is 0 Å². The third-order valence-electron chi connectivity index (χ3n) is 2.86. The summed E-state index contributed by atoms with van der Waals surface area (Å²) in [5, 5.41) is 5.40. The predicted octanol–water partition coefficient (Wildman–Crippen LogP) is 0.926. The highest BCUT2D eigenvalue weighted by Crippen LogP contribution is 2.16. The molecule has 4 N–H and O–H groups in total. The van der Waals surface area contributed by atoms with Crippen LogP contribution in [0.3, 0.4) is 0 Å². The summed E-state index contributed by atoms with van der Waals surface area (Å²) in [5.41, 5.74) is 6.12. The van der Waals surface area contributed by atoms with Crippen molar-refractivity contribution >= 4 is 29.9 Å². The van der Waals surface area contributed by atoms with Crippen LogP contribution in [-0.4, -0.2) is 44.7 Å². The van der Waals surface area contributed by atoms with Crippen molar-refractivity contribution in [1.82, 2.24) is 5.32 Å². The van der Waals surface area contributed by atoms with E-state index in [-0.39, 0.29) is 36.7 Å². The topological polar surface area (TPSA) is 103 Å². The number of hydrogen-bond donors (Lipinski definition) is 3. The lowest BCUT2D eigenvalue weighted by Crippen LogP contribution is -2.34. The summed E-state index contributed by atoms with van der Waals surface area (Å²) in [6.45, 7) is 2.45. The van der Waals surface area contributed by atoms with Gasteiger partial charge in [-0.05, 0) is 12.1 Å². The minimum Gasteiger partial charge on any atom is -0.492 e. The average Bonchev–Trinajstić information content (AvgIpc) is 2.49. The molecule has 0 bridgehead atoms. The minimum absolute atomic E-state index is 0. The van der Waals surface area contributed by atoms with Crippen LogP contribution in [0.1, 0.15) is 13.3 Å². The summed E-state index contributed by atoms with van der Waals surface area (Å²) in [6.07, 6.45) is -0.0411. The molecule has 0 radical (unpaired) electrons. The zero-order valence-corrected chi connectivity index (χ0v) is 14.2. The monoisotopic (exact) mass is 345 g/mol. The molecule has 0 aliphatic heterocycles. The first-order valence-corrected chi connectivity index (χ1v) is 7.05. The van der Waals surface area contributed by atoms with E-state index in [2.05, 4.69) is 10.6 Å². The quantitative estimate of drug-likeness (QED) is 0.578. The van der Waals surface area contributed by atoms with Crippen LogP contribution in [-0.2, 0) is 14.3 Å². The molecule has 1 aromatic carbocycles. The SMILES string of the molecule is COC(CN)CC(=O)NCCOc1cccc(NC(C)=O)c1.Cl. The third-order valence-corrected chi connectivity index (χ3v) is 2.86. The second-order valence-corrected chi connectivity index (χ2v) is 4.70. The molecule has 0 spiro atoms. The van der Waals surface area contributed by atoms with E-state index < -0.39 is 0 Å². The molecular weight excluding hydrogens is 322 g/mol. The third kappa shape index (κ3) is 9.02. The molecule has 0 heterocycles. The van der Waals surface area contributed by atoms with E-state index in [0.717, 1.165) is 0 Å². The number of hydrogen-bond acceptors (Lipinski definition) is 5. The molecule has 130 valence electrons. The molecule has 0 aromatic heterocycles. The number of nitrogens with two attached hydrogens (primary N) is 1. The lowest BCUT2D eigenvalue weighted by molar-refractivity contribution is -0.123. The Labute approximate surface area is 142 Å². The lowest BCUT2D eigenvalue weighted by Gasteiger charge is -2.13. The second kappa shape index (κ2) is 11.7. The molecule has 0 saturated heterocycles. The fraction of sp³-hybridized carbons (Fsp3) is 0.467. The van der Waals surface area contributed by atoms with Gasteiger partial charge >= 0.3 is 0 Å². The summed E-state index contributed by atoms with van der Waals surface area (Å²) >= 11 is 0. The summed E-state index contributed by atoms with van der Waals surface area (Å²) in [5.74, 6) is 0.349. The molecule has 1 atom stereocenters. The fourth-order valence-corrected chi connectivity index (χ4v) is 1.77. The second-order valence-electron chi connectivity index (χ2n) is 4.70. The van der Waals surface area contributed by atoms with Crippen LogP contribution in [0.2, 0.25) is 0 Å². The zero-order chi connectivity index (χ0) is 16.4. The molecule has 0 saturated carbocycles. The van der Waals surface area contributed by atoms with Gasteiger partial charge in [-0.3, -0.25) is 9.59 Å². The Morgan fingerprint density at radius 3 is 2.70 bits per heavy atom. The Hall–Kier alpha value is -1.83. The summed E-state index contributed by atoms with van der Waals surface area (Å²) in [4.78, 5) is 22.6. The Balaban J connectivity index is 0.00000484. The van der Waals surface area contributed by atoms with Gasteiger partial charge in [-0.25, -0.2) is 0 Å². The van der Waals surface area contributed by atoms with Crippen LogP contribution >= 0.6 is 12.4 Å². The number of amides is 2. The van der Waals surface area contributed by atoms with Gasteiger partial charge in [0, 0.05) is 32.3 Å². The van der Waals surface area contributed by atoms with Crippen molar-refractivity contribution in [2.75, 3.05) is 32.1 Å². The van der Waals surface area contributed by atoms with Crippen molar-refractivity contribution in [3.05, 3.63) is 24.3 Å². The molecule has 23 heavy (non-hydrogen) atoms. The van der Waals surface area contributed by atoms with Gasteiger partial charge in [-0.1, -0.05) is 6.07 Å². The van der Waals surface area contributed by atoms with Crippen LogP contribution in [0.4, 0.5) is 5.69 Å². The number of carbonyl (C=O) groups excluding carboxylic acids is 2. The smallest absolute Gasteiger partial charge is 0.222 e. The molecule has 0 aliphatic rings. The predicted molar refractivity (Wildman–Crippen MR) is 91.0 cm³/mol. The average molecular weight is 346 g/mol. The largest absolute Gasteiger partial charge is 0.492 e. The molecular formula is C15H24ClN3O4. The normalized spacial score (nSPS) is 11.1. The van der Waals surface area contributed by atoms with E-state index in [1.165, 1.54) is 14.0 Å². The number of halogens is 1. The van der Waals surface area contributed by atoms with E-state index in [9.17, 15) is 9.59 Å². The molecule has 8 heteroatoms.